The minimum atomic E-state index is -4.48. The van der Waals surface area contributed by atoms with Gasteiger partial charge in [0.25, 0.3) is 0 Å². The van der Waals surface area contributed by atoms with Crippen LogP contribution in [0, 0.1) is 5.41 Å². The zero-order valence-electron chi connectivity index (χ0n) is 18.8. The van der Waals surface area contributed by atoms with Crippen molar-refractivity contribution in [1.82, 2.24) is 0 Å². The van der Waals surface area contributed by atoms with Crippen molar-refractivity contribution in [2.45, 2.75) is 31.5 Å². The van der Waals surface area contributed by atoms with Crippen molar-refractivity contribution in [3.05, 3.63) is 59.7 Å². The molecule has 0 saturated heterocycles. The number of ether oxygens (including phenoxy) is 3. The highest BCUT2D eigenvalue weighted by atomic mass is 32.2. The summed E-state index contributed by atoms with van der Waals surface area (Å²) in [6.45, 7) is 0. The second kappa shape index (κ2) is 10.1. The Balaban J connectivity index is 1.88. The van der Waals surface area contributed by atoms with Crippen LogP contribution in [0.25, 0.3) is 0 Å². The number of hydrogen-bond acceptors (Lipinski definition) is 8. The van der Waals surface area contributed by atoms with E-state index in [0.717, 1.165) is 14.2 Å². The summed E-state index contributed by atoms with van der Waals surface area (Å²) in [4.78, 5) is 25.7. The second-order valence-corrected chi connectivity index (χ2v) is 9.56. The summed E-state index contributed by atoms with van der Waals surface area (Å²) in [7, 11) is -2.05. The summed E-state index contributed by atoms with van der Waals surface area (Å²) in [5.74, 6) is -2.73. The maximum Gasteiger partial charge on any atom is 0.389 e. The van der Waals surface area contributed by atoms with Gasteiger partial charge >= 0.3 is 28.2 Å². The van der Waals surface area contributed by atoms with E-state index in [0.29, 0.717) is 11.1 Å². The Labute approximate surface area is 200 Å². The first-order chi connectivity index (χ1) is 16.4. The topological polar surface area (TPSA) is 105 Å². The van der Waals surface area contributed by atoms with Gasteiger partial charge in [0.1, 0.15) is 11.5 Å². The van der Waals surface area contributed by atoms with Crippen molar-refractivity contribution in [2.24, 2.45) is 5.41 Å². The average molecular weight is 516 g/mol. The molecule has 1 atom stereocenters. The number of carbonyl (C=O) groups is 2. The van der Waals surface area contributed by atoms with Crippen molar-refractivity contribution in [3.63, 3.8) is 0 Å². The fourth-order valence-corrected chi connectivity index (χ4v) is 4.93. The van der Waals surface area contributed by atoms with Crippen LogP contribution in [0.2, 0.25) is 0 Å². The molecular formula is C23H23F3O8S. The van der Waals surface area contributed by atoms with Crippen LogP contribution in [0.5, 0.6) is 11.5 Å². The standard InChI is InChI=1S/C23H23F3O8S/c1-31-20(27)22(21(28)32-2)14-15-7-3-4-10-18(15)19(22)33-16-8-5-9-17(13-16)34-35(29,30)12-6-11-23(24,25)26/h3-5,7-10,13,19H,6,11-12,14H2,1-2H3. The molecule has 0 N–H and O–H groups in total. The highest BCUT2D eigenvalue weighted by Crippen LogP contribution is 2.50. The maximum atomic E-state index is 12.8. The monoisotopic (exact) mass is 516 g/mol. The van der Waals surface area contributed by atoms with Crippen molar-refractivity contribution < 1.29 is 49.6 Å². The number of benzene rings is 2. The van der Waals surface area contributed by atoms with E-state index >= 15 is 0 Å². The van der Waals surface area contributed by atoms with Gasteiger partial charge in [-0.3, -0.25) is 9.59 Å². The number of fused-ring (bicyclic) bond motifs is 1. The van der Waals surface area contributed by atoms with Crippen LogP contribution in [0.15, 0.2) is 48.5 Å². The molecule has 0 fully saturated rings. The van der Waals surface area contributed by atoms with Gasteiger partial charge in [-0.2, -0.15) is 21.6 Å². The number of carbonyl (C=O) groups excluding carboxylic acids is 2. The summed E-state index contributed by atoms with van der Waals surface area (Å²) >= 11 is 0. The number of halogens is 3. The number of alkyl halides is 3. The number of rotatable bonds is 9. The molecule has 8 nitrogen and oxygen atoms in total. The Morgan fingerprint density at radius 2 is 1.63 bits per heavy atom. The number of esters is 2. The summed E-state index contributed by atoms with van der Waals surface area (Å²) in [6, 6.07) is 12.2. The lowest BCUT2D eigenvalue weighted by Gasteiger charge is -2.30. The van der Waals surface area contributed by atoms with Gasteiger partial charge in [-0.15, -0.1) is 0 Å². The third kappa shape index (κ3) is 5.87. The molecular weight excluding hydrogens is 493 g/mol. The Morgan fingerprint density at radius 3 is 2.26 bits per heavy atom. The Morgan fingerprint density at radius 1 is 1.00 bits per heavy atom. The van der Waals surface area contributed by atoms with Crippen LogP contribution >= 0.6 is 0 Å². The number of hydrogen-bond donors (Lipinski definition) is 0. The van der Waals surface area contributed by atoms with E-state index in [1.165, 1.54) is 24.3 Å². The van der Waals surface area contributed by atoms with Crippen molar-refractivity contribution in [3.8, 4) is 11.5 Å². The lowest BCUT2D eigenvalue weighted by molar-refractivity contribution is -0.175. The highest BCUT2D eigenvalue weighted by Gasteiger charge is 2.61. The van der Waals surface area contributed by atoms with Crippen molar-refractivity contribution in [1.29, 1.82) is 0 Å². The van der Waals surface area contributed by atoms with Crippen molar-refractivity contribution in [2.75, 3.05) is 20.0 Å². The molecule has 0 aromatic heterocycles. The van der Waals surface area contributed by atoms with E-state index in [9.17, 15) is 31.2 Å². The van der Waals surface area contributed by atoms with Crippen LogP contribution in [0.3, 0.4) is 0 Å². The number of methoxy groups -OCH3 is 2. The first kappa shape index (κ1) is 26.3. The van der Waals surface area contributed by atoms with Crippen LogP contribution in [-0.4, -0.2) is 46.5 Å². The third-order valence-corrected chi connectivity index (χ3v) is 6.73. The molecule has 0 amide bonds. The van der Waals surface area contributed by atoms with Crippen LogP contribution in [-0.2, 0) is 35.6 Å². The molecule has 1 unspecified atom stereocenters. The fraction of sp³-hybridized carbons (Fsp3) is 0.391. The summed E-state index contributed by atoms with van der Waals surface area (Å²) < 4.78 is 81.9. The lowest BCUT2D eigenvalue weighted by atomic mass is 9.82. The van der Waals surface area contributed by atoms with Gasteiger partial charge in [0.15, 0.2) is 6.10 Å². The molecule has 0 spiro atoms. The summed E-state index contributed by atoms with van der Waals surface area (Å²) in [5.41, 5.74) is -0.657. The zero-order valence-corrected chi connectivity index (χ0v) is 19.6. The first-order valence-corrected chi connectivity index (χ1v) is 12.0. The van der Waals surface area contributed by atoms with Crippen LogP contribution < -0.4 is 8.92 Å². The van der Waals surface area contributed by atoms with Crippen molar-refractivity contribution >= 4 is 22.1 Å². The largest absolute Gasteiger partial charge is 0.484 e. The minimum absolute atomic E-state index is 0.0447. The van der Waals surface area contributed by atoms with E-state index in [1.54, 1.807) is 24.3 Å². The molecule has 0 heterocycles. The Hall–Kier alpha value is -3.28. The van der Waals surface area contributed by atoms with Gasteiger partial charge in [0.05, 0.1) is 20.0 Å². The molecule has 35 heavy (non-hydrogen) atoms. The summed E-state index contributed by atoms with van der Waals surface area (Å²) in [5, 5.41) is 0. The molecule has 1 aliphatic carbocycles. The maximum absolute atomic E-state index is 12.8. The quantitative estimate of drug-likeness (QED) is 0.282. The SMILES string of the molecule is COC(=O)C1(C(=O)OC)Cc2ccccc2C1Oc1cccc(OS(=O)(=O)CCCC(F)(F)F)c1. The normalized spacial score (nSPS) is 16.8. The van der Waals surface area contributed by atoms with E-state index in [2.05, 4.69) is 0 Å². The molecule has 0 saturated carbocycles. The van der Waals surface area contributed by atoms with E-state index in [4.69, 9.17) is 18.4 Å². The molecule has 0 aliphatic heterocycles. The molecule has 12 heteroatoms. The van der Waals surface area contributed by atoms with E-state index in [1.807, 2.05) is 0 Å². The van der Waals surface area contributed by atoms with E-state index < -0.39 is 58.3 Å². The Bertz CT molecular complexity index is 1180. The van der Waals surface area contributed by atoms with Gasteiger partial charge in [-0.25, -0.2) is 0 Å². The predicted molar refractivity (Wildman–Crippen MR) is 116 cm³/mol. The van der Waals surface area contributed by atoms with Gasteiger partial charge in [-0.1, -0.05) is 30.3 Å². The third-order valence-electron chi connectivity index (χ3n) is 5.49. The van der Waals surface area contributed by atoms with Gasteiger partial charge in [0, 0.05) is 18.9 Å². The minimum Gasteiger partial charge on any atom is -0.484 e. The van der Waals surface area contributed by atoms with Gasteiger partial charge < -0.3 is 18.4 Å². The molecule has 2 aromatic carbocycles. The lowest BCUT2D eigenvalue weighted by Crippen LogP contribution is -2.46. The van der Waals surface area contributed by atoms with Crippen LogP contribution in [0.4, 0.5) is 13.2 Å². The average Bonchev–Trinajstić information content (AvgIpc) is 3.12. The predicted octanol–water partition coefficient (Wildman–Crippen LogP) is 3.75. The first-order valence-electron chi connectivity index (χ1n) is 10.4. The van der Waals surface area contributed by atoms with Crippen LogP contribution in [0.1, 0.15) is 30.1 Å². The molecule has 190 valence electrons. The molecule has 3 rings (SSSR count). The van der Waals surface area contributed by atoms with Gasteiger partial charge in [0.2, 0.25) is 5.41 Å². The molecule has 2 aromatic rings. The Kier molecular flexibility index (Phi) is 7.63. The highest BCUT2D eigenvalue weighted by molar-refractivity contribution is 7.87. The molecule has 0 radical (unpaired) electrons. The zero-order chi connectivity index (χ0) is 25.9. The van der Waals surface area contributed by atoms with E-state index in [-0.39, 0.29) is 17.9 Å². The molecule has 0 bridgehead atoms. The summed E-state index contributed by atoms with van der Waals surface area (Å²) in [6.07, 6.45) is -7.61. The smallest absolute Gasteiger partial charge is 0.389 e. The van der Waals surface area contributed by atoms with Gasteiger partial charge in [-0.05, 0) is 29.7 Å². The fourth-order valence-electron chi connectivity index (χ4n) is 3.95. The molecule has 1 aliphatic rings. The second-order valence-electron chi connectivity index (χ2n) is 7.87.